The number of fused-ring (bicyclic) bond motifs is 1. The summed E-state index contributed by atoms with van der Waals surface area (Å²) < 4.78 is 7.71. The molecule has 3 rings (SSSR count). The van der Waals surface area contributed by atoms with Crippen LogP contribution in [0, 0.1) is 0 Å². The Morgan fingerprint density at radius 3 is 2.87 bits per heavy atom. The number of hydrogen-bond acceptors (Lipinski definition) is 2. The average molecular weight is 268 g/mol. The SMILES string of the molecule is Cn1c(=O)oc2cc(Br)c(C3CC3)cc21. The number of hydrogen-bond donors (Lipinski definition) is 0. The second kappa shape index (κ2) is 2.98. The number of nitrogens with zero attached hydrogens (tertiary/aromatic N) is 1. The Balaban J connectivity index is 2.35. The van der Waals surface area contributed by atoms with E-state index in [2.05, 4.69) is 22.0 Å². The third kappa shape index (κ3) is 1.35. The molecule has 1 heterocycles. The van der Waals surface area contributed by atoms with Gasteiger partial charge in [0.25, 0.3) is 0 Å². The molecular weight excluding hydrogens is 258 g/mol. The quantitative estimate of drug-likeness (QED) is 0.797. The minimum atomic E-state index is -0.301. The summed E-state index contributed by atoms with van der Waals surface area (Å²) in [7, 11) is 1.73. The van der Waals surface area contributed by atoms with Crippen LogP contribution in [-0.4, -0.2) is 4.57 Å². The van der Waals surface area contributed by atoms with Crippen molar-refractivity contribution in [1.29, 1.82) is 0 Å². The maximum absolute atomic E-state index is 11.3. The molecule has 0 saturated heterocycles. The Bertz CT molecular complexity index is 592. The molecule has 0 N–H and O–H groups in total. The maximum atomic E-state index is 11.3. The summed E-state index contributed by atoms with van der Waals surface area (Å²) in [5, 5.41) is 0. The Labute approximate surface area is 94.8 Å². The molecule has 1 saturated carbocycles. The molecule has 1 fully saturated rings. The van der Waals surface area contributed by atoms with E-state index in [0.29, 0.717) is 11.5 Å². The molecule has 1 aliphatic carbocycles. The van der Waals surface area contributed by atoms with Crippen LogP contribution in [0.15, 0.2) is 25.8 Å². The van der Waals surface area contributed by atoms with Gasteiger partial charge in [0.05, 0.1) is 5.52 Å². The third-order valence-corrected chi connectivity index (χ3v) is 3.61. The van der Waals surface area contributed by atoms with E-state index in [4.69, 9.17) is 4.42 Å². The van der Waals surface area contributed by atoms with E-state index >= 15 is 0 Å². The number of oxazole rings is 1. The zero-order chi connectivity index (χ0) is 10.6. The van der Waals surface area contributed by atoms with Crippen molar-refractivity contribution < 1.29 is 4.42 Å². The summed E-state index contributed by atoms with van der Waals surface area (Å²) in [5.74, 6) is 0.360. The molecule has 0 bridgehead atoms. The first-order chi connectivity index (χ1) is 7.16. The fourth-order valence-corrected chi connectivity index (χ4v) is 2.52. The predicted molar refractivity (Wildman–Crippen MR) is 61.1 cm³/mol. The van der Waals surface area contributed by atoms with Gasteiger partial charge in [0.2, 0.25) is 0 Å². The molecule has 1 aliphatic rings. The lowest BCUT2D eigenvalue weighted by atomic mass is 10.1. The van der Waals surface area contributed by atoms with Crippen molar-refractivity contribution >= 4 is 27.0 Å². The highest BCUT2D eigenvalue weighted by Gasteiger charge is 2.26. The summed E-state index contributed by atoms with van der Waals surface area (Å²) in [6.07, 6.45) is 2.49. The van der Waals surface area contributed by atoms with Gasteiger partial charge in [0.15, 0.2) is 5.58 Å². The van der Waals surface area contributed by atoms with E-state index < -0.39 is 0 Å². The molecule has 15 heavy (non-hydrogen) atoms. The molecule has 0 radical (unpaired) electrons. The molecule has 0 aliphatic heterocycles. The zero-order valence-electron chi connectivity index (χ0n) is 8.29. The number of aryl methyl sites for hydroxylation is 1. The van der Waals surface area contributed by atoms with E-state index in [1.54, 1.807) is 11.6 Å². The maximum Gasteiger partial charge on any atom is 0.419 e. The third-order valence-electron chi connectivity index (χ3n) is 2.93. The van der Waals surface area contributed by atoms with Gasteiger partial charge in [0.1, 0.15) is 0 Å². The van der Waals surface area contributed by atoms with Crippen molar-refractivity contribution in [2.75, 3.05) is 0 Å². The van der Waals surface area contributed by atoms with Crippen LogP contribution in [-0.2, 0) is 7.05 Å². The standard InChI is InChI=1S/C11H10BrNO2/c1-13-9-4-7(6-2-3-6)8(12)5-10(9)15-11(13)14/h4-6H,2-3H2,1H3. The van der Waals surface area contributed by atoms with Crippen molar-refractivity contribution in [2.45, 2.75) is 18.8 Å². The molecule has 0 spiro atoms. The summed E-state index contributed by atoms with van der Waals surface area (Å²) in [5.41, 5.74) is 2.82. The van der Waals surface area contributed by atoms with Crippen LogP contribution < -0.4 is 5.76 Å². The first-order valence-corrected chi connectivity index (χ1v) is 5.75. The van der Waals surface area contributed by atoms with Gasteiger partial charge in [-0.1, -0.05) is 15.9 Å². The summed E-state index contributed by atoms with van der Waals surface area (Å²) in [4.78, 5) is 11.3. The molecule has 78 valence electrons. The van der Waals surface area contributed by atoms with Gasteiger partial charge in [-0.25, -0.2) is 4.79 Å². The van der Waals surface area contributed by atoms with Crippen LogP contribution in [0.3, 0.4) is 0 Å². The van der Waals surface area contributed by atoms with Crippen LogP contribution >= 0.6 is 15.9 Å². The molecule has 1 aromatic carbocycles. The largest absolute Gasteiger partial charge is 0.419 e. The number of halogens is 1. The van der Waals surface area contributed by atoms with Crippen molar-refractivity contribution in [2.24, 2.45) is 7.05 Å². The first-order valence-electron chi connectivity index (χ1n) is 4.96. The second-order valence-corrected chi connectivity index (χ2v) is 4.90. The average Bonchev–Trinajstić information content (AvgIpc) is 2.97. The summed E-state index contributed by atoms with van der Waals surface area (Å²) >= 11 is 3.52. The van der Waals surface area contributed by atoms with Gasteiger partial charge in [-0.15, -0.1) is 0 Å². The molecule has 4 heteroatoms. The fraction of sp³-hybridized carbons (Fsp3) is 0.364. The second-order valence-electron chi connectivity index (χ2n) is 4.04. The summed E-state index contributed by atoms with van der Waals surface area (Å²) in [6.45, 7) is 0. The predicted octanol–water partition coefficient (Wildman–Crippen LogP) is 2.77. The lowest BCUT2D eigenvalue weighted by Crippen LogP contribution is -2.08. The molecule has 0 amide bonds. The van der Waals surface area contributed by atoms with Gasteiger partial charge < -0.3 is 4.42 Å². The van der Waals surface area contributed by atoms with E-state index in [-0.39, 0.29) is 5.76 Å². The van der Waals surface area contributed by atoms with E-state index in [9.17, 15) is 4.79 Å². The van der Waals surface area contributed by atoms with Gasteiger partial charge in [0, 0.05) is 11.5 Å². The number of benzene rings is 1. The van der Waals surface area contributed by atoms with Crippen LogP contribution in [0.2, 0.25) is 0 Å². The van der Waals surface area contributed by atoms with Crippen molar-refractivity contribution in [3.8, 4) is 0 Å². The Kier molecular flexibility index (Phi) is 1.83. The van der Waals surface area contributed by atoms with Crippen molar-refractivity contribution in [1.82, 2.24) is 4.57 Å². The zero-order valence-corrected chi connectivity index (χ0v) is 9.87. The van der Waals surface area contributed by atoms with Crippen LogP contribution in [0.5, 0.6) is 0 Å². The molecule has 1 aromatic heterocycles. The van der Waals surface area contributed by atoms with Crippen LogP contribution in [0.25, 0.3) is 11.1 Å². The van der Waals surface area contributed by atoms with E-state index in [1.165, 1.54) is 18.4 Å². The van der Waals surface area contributed by atoms with E-state index in [0.717, 1.165) is 9.99 Å². The Morgan fingerprint density at radius 1 is 1.47 bits per heavy atom. The van der Waals surface area contributed by atoms with Crippen molar-refractivity contribution in [3.05, 3.63) is 32.7 Å². The topological polar surface area (TPSA) is 35.1 Å². The molecule has 0 atom stereocenters. The lowest BCUT2D eigenvalue weighted by Gasteiger charge is -2.02. The highest BCUT2D eigenvalue weighted by molar-refractivity contribution is 9.10. The molecular formula is C11H10BrNO2. The monoisotopic (exact) mass is 267 g/mol. The van der Waals surface area contributed by atoms with Crippen LogP contribution in [0.4, 0.5) is 0 Å². The van der Waals surface area contributed by atoms with Crippen molar-refractivity contribution in [3.63, 3.8) is 0 Å². The fourth-order valence-electron chi connectivity index (χ4n) is 1.87. The molecule has 0 unspecified atom stereocenters. The minimum absolute atomic E-state index is 0.301. The number of rotatable bonds is 1. The Morgan fingerprint density at radius 2 is 2.20 bits per heavy atom. The highest BCUT2D eigenvalue weighted by Crippen LogP contribution is 2.44. The Hall–Kier alpha value is -1.03. The van der Waals surface area contributed by atoms with Gasteiger partial charge in [-0.2, -0.15) is 0 Å². The minimum Gasteiger partial charge on any atom is -0.408 e. The normalized spacial score (nSPS) is 16.1. The first kappa shape index (κ1) is 9.21. The van der Waals surface area contributed by atoms with Crippen LogP contribution in [0.1, 0.15) is 24.3 Å². The molecule has 3 nitrogen and oxygen atoms in total. The smallest absolute Gasteiger partial charge is 0.408 e. The van der Waals surface area contributed by atoms with E-state index in [1.807, 2.05) is 6.07 Å². The highest BCUT2D eigenvalue weighted by atomic mass is 79.9. The lowest BCUT2D eigenvalue weighted by molar-refractivity contribution is 0.528. The molecule has 2 aromatic rings. The van der Waals surface area contributed by atoms with Gasteiger partial charge in [-0.05, 0) is 36.5 Å². The van der Waals surface area contributed by atoms with Gasteiger partial charge in [-0.3, -0.25) is 4.57 Å². The number of aromatic nitrogens is 1. The van der Waals surface area contributed by atoms with Gasteiger partial charge >= 0.3 is 5.76 Å². The summed E-state index contributed by atoms with van der Waals surface area (Å²) in [6, 6.07) is 3.95.